The van der Waals surface area contributed by atoms with E-state index in [9.17, 15) is 4.79 Å². The zero-order valence-corrected chi connectivity index (χ0v) is 14.9. The van der Waals surface area contributed by atoms with Gasteiger partial charge >= 0.3 is 0 Å². The molecule has 0 aromatic carbocycles. The third kappa shape index (κ3) is 3.52. The van der Waals surface area contributed by atoms with Crippen molar-refractivity contribution in [2.45, 2.75) is 30.8 Å². The lowest BCUT2D eigenvalue weighted by Crippen LogP contribution is -2.60. The molecule has 2 aliphatic heterocycles. The normalized spacial score (nSPS) is 21.3. The summed E-state index contributed by atoms with van der Waals surface area (Å²) in [5.74, 6) is 0.961. The average molecular weight is 356 g/mol. The van der Waals surface area contributed by atoms with Gasteiger partial charge in [0.1, 0.15) is 12.0 Å². The monoisotopic (exact) mass is 356 g/mol. The van der Waals surface area contributed by atoms with Gasteiger partial charge in [-0.25, -0.2) is 9.97 Å². The van der Waals surface area contributed by atoms with Crippen molar-refractivity contribution >= 4 is 17.7 Å². The van der Waals surface area contributed by atoms with E-state index >= 15 is 0 Å². The van der Waals surface area contributed by atoms with Crippen molar-refractivity contribution in [2.75, 3.05) is 18.8 Å². The van der Waals surface area contributed by atoms with Crippen LogP contribution >= 0.6 is 11.8 Å². The van der Waals surface area contributed by atoms with Crippen molar-refractivity contribution in [1.29, 1.82) is 0 Å². The van der Waals surface area contributed by atoms with E-state index in [4.69, 9.17) is 4.74 Å². The zero-order chi connectivity index (χ0) is 17.3. The number of ether oxygens (including phenoxy) is 1. The number of rotatable bonds is 4. The van der Waals surface area contributed by atoms with Crippen LogP contribution in [0.1, 0.15) is 28.3 Å². The molecule has 130 valence electrons. The van der Waals surface area contributed by atoms with E-state index < -0.39 is 0 Å². The minimum atomic E-state index is -0.0121. The van der Waals surface area contributed by atoms with Gasteiger partial charge in [0, 0.05) is 30.7 Å². The molecule has 1 amide bonds. The number of hydrogen-bond acceptors (Lipinski definition) is 6. The van der Waals surface area contributed by atoms with Crippen LogP contribution in [0, 0.1) is 6.92 Å². The maximum absolute atomic E-state index is 12.4. The van der Waals surface area contributed by atoms with Gasteiger partial charge in [-0.2, -0.15) is 0 Å². The van der Waals surface area contributed by atoms with E-state index in [1.54, 1.807) is 12.3 Å². The Hall–Kier alpha value is -1.99. The van der Waals surface area contributed by atoms with Crippen molar-refractivity contribution in [3.8, 4) is 0 Å². The first-order chi connectivity index (χ1) is 12.1. The summed E-state index contributed by atoms with van der Waals surface area (Å²) in [6.45, 7) is 4.07. The molecule has 2 aromatic heterocycles. The molecule has 2 aromatic rings. The second kappa shape index (κ2) is 6.72. The predicted molar refractivity (Wildman–Crippen MR) is 95.3 cm³/mol. The highest BCUT2D eigenvalue weighted by Gasteiger charge is 2.51. The van der Waals surface area contributed by atoms with Crippen molar-refractivity contribution in [3.05, 3.63) is 53.9 Å². The molecule has 2 saturated heterocycles. The summed E-state index contributed by atoms with van der Waals surface area (Å²) >= 11 is 1.92. The van der Waals surface area contributed by atoms with Gasteiger partial charge in [-0.3, -0.25) is 9.78 Å². The first-order valence-corrected chi connectivity index (χ1v) is 9.36. The average Bonchev–Trinajstić information content (AvgIpc) is 3.04. The highest BCUT2D eigenvalue weighted by molar-refractivity contribution is 8.01. The molecule has 0 aliphatic carbocycles. The summed E-state index contributed by atoms with van der Waals surface area (Å²) in [5.41, 5.74) is 2.45. The third-order valence-corrected chi connectivity index (χ3v) is 6.21. The van der Waals surface area contributed by atoms with Gasteiger partial charge in [0.25, 0.3) is 5.91 Å². The fourth-order valence-corrected chi connectivity index (χ4v) is 4.94. The van der Waals surface area contributed by atoms with Crippen molar-refractivity contribution < 1.29 is 9.53 Å². The number of carbonyl (C=O) groups excluding carboxylic acids is 1. The van der Waals surface area contributed by atoms with E-state index in [1.807, 2.05) is 41.8 Å². The molecule has 0 bridgehead atoms. The second-order valence-electron chi connectivity index (χ2n) is 6.66. The molecular formula is C18H20N4O2S. The van der Waals surface area contributed by atoms with E-state index in [0.717, 1.165) is 36.7 Å². The summed E-state index contributed by atoms with van der Waals surface area (Å²) < 4.78 is 6.19. The largest absolute Gasteiger partial charge is 0.371 e. The van der Waals surface area contributed by atoms with Crippen molar-refractivity contribution in [2.24, 2.45) is 0 Å². The number of amides is 1. The summed E-state index contributed by atoms with van der Waals surface area (Å²) in [7, 11) is 0. The number of carbonyl (C=O) groups is 1. The van der Waals surface area contributed by atoms with Crippen LogP contribution in [0.2, 0.25) is 0 Å². The minimum absolute atomic E-state index is 0.0121. The molecule has 1 atom stereocenters. The van der Waals surface area contributed by atoms with Crippen LogP contribution in [-0.2, 0) is 11.3 Å². The number of nitrogens with zero attached hydrogens (tertiary/aromatic N) is 4. The van der Waals surface area contributed by atoms with Crippen LogP contribution in [0.3, 0.4) is 0 Å². The number of pyridine rings is 1. The topological polar surface area (TPSA) is 68.2 Å². The zero-order valence-electron chi connectivity index (χ0n) is 14.1. The lowest BCUT2D eigenvalue weighted by atomic mass is 9.92. The number of aromatic nitrogens is 3. The van der Waals surface area contributed by atoms with Gasteiger partial charge in [0.15, 0.2) is 0 Å². The Morgan fingerprint density at radius 3 is 3.04 bits per heavy atom. The Bertz CT molecular complexity index is 765. The lowest BCUT2D eigenvalue weighted by Gasteiger charge is -2.47. The molecule has 7 heteroatoms. The Morgan fingerprint density at radius 2 is 2.28 bits per heavy atom. The smallest absolute Gasteiger partial charge is 0.272 e. The quantitative estimate of drug-likeness (QED) is 0.836. The highest BCUT2D eigenvalue weighted by atomic mass is 32.2. The van der Waals surface area contributed by atoms with Crippen LogP contribution in [0.15, 0.2) is 36.8 Å². The molecule has 0 radical (unpaired) electrons. The van der Waals surface area contributed by atoms with Crippen LogP contribution in [-0.4, -0.2) is 55.5 Å². The van der Waals surface area contributed by atoms with Crippen LogP contribution in [0.5, 0.6) is 0 Å². The number of hydrogen-bond donors (Lipinski definition) is 0. The summed E-state index contributed by atoms with van der Waals surface area (Å²) in [5, 5.41) is 0. The molecule has 4 rings (SSSR count). The number of aryl methyl sites for hydroxylation is 1. The second-order valence-corrected chi connectivity index (χ2v) is 8.15. The van der Waals surface area contributed by atoms with Crippen molar-refractivity contribution in [1.82, 2.24) is 19.9 Å². The molecule has 2 fully saturated rings. The number of thioether (sulfide) groups is 1. The van der Waals surface area contributed by atoms with E-state index in [0.29, 0.717) is 12.3 Å². The molecule has 0 N–H and O–H groups in total. The first-order valence-electron chi connectivity index (χ1n) is 8.37. The predicted octanol–water partition coefficient (Wildman–Crippen LogP) is 2.10. The number of likely N-dealkylation sites (tertiary alicyclic amines) is 1. The maximum Gasteiger partial charge on any atom is 0.272 e. The van der Waals surface area contributed by atoms with Crippen molar-refractivity contribution in [3.63, 3.8) is 0 Å². The maximum atomic E-state index is 12.4. The third-order valence-electron chi connectivity index (χ3n) is 4.63. The van der Waals surface area contributed by atoms with Gasteiger partial charge in [-0.1, -0.05) is 6.07 Å². The highest BCUT2D eigenvalue weighted by Crippen LogP contribution is 2.46. The Labute approximate surface area is 151 Å². The lowest BCUT2D eigenvalue weighted by molar-refractivity contribution is 0.0242. The van der Waals surface area contributed by atoms with Gasteiger partial charge in [0.05, 0.1) is 23.2 Å². The molecule has 6 nitrogen and oxygen atoms in total. The van der Waals surface area contributed by atoms with E-state index in [2.05, 4.69) is 15.0 Å². The van der Waals surface area contributed by atoms with Gasteiger partial charge in [0.2, 0.25) is 0 Å². The molecule has 0 unspecified atom stereocenters. The van der Waals surface area contributed by atoms with Gasteiger partial charge in [-0.05, 0) is 31.5 Å². The fourth-order valence-electron chi connectivity index (χ4n) is 3.39. The van der Waals surface area contributed by atoms with Gasteiger partial charge in [-0.15, -0.1) is 11.8 Å². The first kappa shape index (κ1) is 16.5. The standard InChI is InChI=1S/C18H20N4O2S/c1-13-3-2-4-14(21-13)8-24-15-7-18(25-9-15)10-22(11-18)17(23)16-5-6-19-12-20-16/h2-6,12,15H,7-11H2,1H3/t15-/m1/s1. The van der Waals surface area contributed by atoms with E-state index in [-0.39, 0.29) is 16.8 Å². The van der Waals surface area contributed by atoms with Crippen LogP contribution in [0.4, 0.5) is 0 Å². The Balaban J connectivity index is 1.28. The van der Waals surface area contributed by atoms with Crippen LogP contribution < -0.4 is 0 Å². The van der Waals surface area contributed by atoms with Crippen LogP contribution in [0.25, 0.3) is 0 Å². The molecule has 4 heterocycles. The summed E-state index contributed by atoms with van der Waals surface area (Å²) in [6.07, 6.45) is 4.22. The summed E-state index contributed by atoms with van der Waals surface area (Å²) in [6, 6.07) is 7.65. The Morgan fingerprint density at radius 1 is 1.40 bits per heavy atom. The summed E-state index contributed by atoms with van der Waals surface area (Å²) in [4.78, 5) is 26.6. The molecule has 0 saturated carbocycles. The molecular weight excluding hydrogens is 336 g/mol. The minimum Gasteiger partial charge on any atom is -0.371 e. The molecule has 1 spiro atoms. The molecule has 2 aliphatic rings. The SMILES string of the molecule is Cc1cccc(CO[C@H]2CSC3(C2)CN(C(=O)c2ccncn2)C3)n1. The Kier molecular flexibility index (Phi) is 4.43. The fraction of sp³-hybridized carbons (Fsp3) is 0.444. The molecule has 25 heavy (non-hydrogen) atoms. The van der Waals surface area contributed by atoms with E-state index in [1.165, 1.54) is 6.33 Å². The van der Waals surface area contributed by atoms with Gasteiger partial charge < -0.3 is 9.64 Å².